The van der Waals surface area contributed by atoms with Crippen LogP contribution in [0.4, 0.5) is 11.5 Å². The molecule has 0 radical (unpaired) electrons. The zero-order valence-electron chi connectivity index (χ0n) is 9.38. The first-order chi connectivity index (χ1) is 8.60. The summed E-state index contributed by atoms with van der Waals surface area (Å²) in [6, 6.07) is 7.38. The van der Waals surface area contributed by atoms with Gasteiger partial charge in [-0.25, -0.2) is 4.98 Å². The number of methoxy groups -OCH3 is 1. The van der Waals surface area contributed by atoms with Crippen molar-refractivity contribution in [1.29, 1.82) is 0 Å². The van der Waals surface area contributed by atoms with E-state index in [1.165, 1.54) is 0 Å². The van der Waals surface area contributed by atoms with Gasteiger partial charge >= 0.3 is 0 Å². The van der Waals surface area contributed by atoms with Crippen molar-refractivity contribution in [2.75, 3.05) is 12.4 Å². The van der Waals surface area contributed by atoms with Crippen molar-refractivity contribution in [3.8, 4) is 5.75 Å². The van der Waals surface area contributed by atoms with Crippen LogP contribution in [0.2, 0.25) is 5.02 Å². The third-order valence-electron chi connectivity index (χ3n) is 2.22. The summed E-state index contributed by atoms with van der Waals surface area (Å²) in [5.41, 5.74) is 0.844. The summed E-state index contributed by atoms with van der Waals surface area (Å²) in [7, 11) is 1.58. The normalized spacial score (nSPS) is 10.2. The van der Waals surface area contributed by atoms with Crippen molar-refractivity contribution >= 4 is 55.0 Å². The molecule has 1 heterocycles. The van der Waals surface area contributed by atoms with Gasteiger partial charge in [0.25, 0.3) is 0 Å². The predicted octanol–water partition coefficient (Wildman–Crippen LogP) is 5.01. The second kappa shape index (κ2) is 5.91. The van der Waals surface area contributed by atoms with E-state index in [9.17, 15) is 0 Å². The van der Waals surface area contributed by atoms with Gasteiger partial charge < -0.3 is 10.1 Å². The molecule has 3 nitrogen and oxygen atoms in total. The van der Waals surface area contributed by atoms with Gasteiger partial charge in [-0.3, -0.25) is 0 Å². The van der Waals surface area contributed by atoms with Crippen molar-refractivity contribution in [2.45, 2.75) is 0 Å². The highest BCUT2D eigenvalue weighted by Crippen LogP contribution is 2.31. The fraction of sp³-hybridized carbons (Fsp3) is 0.0833. The Morgan fingerprint density at radius 1 is 1.28 bits per heavy atom. The standard InChI is InChI=1S/C12H9Br2ClN2O/c1-18-11-3-2-8(5-10(11)15)17-12-9(14)4-7(13)6-16-12/h2-6H,1H3,(H,16,17). The number of benzene rings is 1. The Labute approximate surface area is 127 Å². The number of anilines is 2. The average Bonchev–Trinajstić information content (AvgIpc) is 2.33. The van der Waals surface area contributed by atoms with Gasteiger partial charge in [-0.05, 0) is 56.1 Å². The fourth-order valence-electron chi connectivity index (χ4n) is 1.39. The lowest BCUT2D eigenvalue weighted by Crippen LogP contribution is -1.95. The molecular weight excluding hydrogens is 383 g/mol. The molecule has 18 heavy (non-hydrogen) atoms. The number of nitrogens with one attached hydrogen (secondary N) is 1. The van der Waals surface area contributed by atoms with E-state index in [0.29, 0.717) is 10.8 Å². The van der Waals surface area contributed by atoms with Crippen LogP contribution in [0.15, 0.2) is 39.4 Å². The Balaban J connectivity index is 2.26. The molecule has 1 N–H and O–H groups in total. The molecule has 6 heteroatoms. The lowest BCUT2D eigenvalue weighted by molar-refractivity contribution is 0.415. The lowest BCUT2D eigenvalue weighted by Gasteiger charge is -2.09. The minimum atomic E-state index is 0.552. The molecule has 0 amide bonds. The van der Waals surface area contributed by atoms with Crippen LogP contribution in [0.5, 0.6) is 5.75 Å². The van der Waals surface area contributed by atoms with Crippen LogP contribution in [-0.2, 0) is 0 Å². The SMILES string of the molecule is COc1ccc(Nc2ncc(Br)cc2Br)cc1Cl. The molecule has 0 unspecified atom stereocenters. The topological polar surface area (TPSA) is 34.1 Å². The number of hydrogen-bond acceptors (Lipinski definition) is 3. The molecule has 0 aliphatic carbocycles. The molecule has 2 rings (SSSR count). The van der Waals surface area contributed by atoms with Crippen LogP contribution in [0.3, 0.4) is 0 Å². The molecule has 0 saturated carbocycles. The third-order valence-corrected chi connectivity index (χ3v) is 3.56. The Kier molecular flexibility index (Phi) is 4.48. The number of hydrogen-bond donors (Lipinski definition) is 1. The maximum absolute atomic E-state index is 6.06. The van der Waals surface area contributed by atoms with Crippen molar-refractivity contribution in [3.63, 3.8) is 0 Å². The molecule has 0 aliphatic rings. The molecule has 0 saturated heterocycles. The van der Waals surface area contributed by atoms with Crippen LogP contribution in [0, 0.1) is 0 Å². The van der Waals surface area contributed by atoms with Gasteiger partial charge in [-0.2, -0.15) is 0 Å². The van der Waals surface area contributed by atoms with Crippen LogP contribution >= 0.6 is 43.5 Å². The molecule has 0 fully saturated rings. The molecule has 0 spiro atoms. The smallest absolute Gasteiger partial charge is 0.144 e. The molecular formula is C12H9Br2ClN2O. The van der Waals surface area contributed by atoms with Gasteiger partial charge in [-0.1, -0.05) is 11.6 Å². The van der Waals surface area contributed by atoms with Gasteiger partial charge in [0.1, 0.15) is 11.6 Å². The highest BCUT2D eigenvalue weighted by molar-refractivity contribution is 9.11. The maximum atomic E-state index is 6.06. The van der Waals surface area contributed by atoms with E-state index >= 15 is 0 Å². The summed E-state index contributed by atoms with van der Waals surface area (Å²) in [6.45, 7) is 0. The summed E-state index contributed by atoms with van der Waals surface area (Å²) in [6.07, 6.45) is 1.72. The first-order valence-electron chi connectivity index (χ1n) is 5.02. The van der Waals surface area contributed by atoms with Gasteiger partial charge in [0.2, 0.25) is 0 Å². The Hall–Kier alpha value is -0.780. The molecule has 94 valence electrons. The van der Waals surface area contributed by atoms with Gasteiger partial charge in [0, 0.05) is 16.4 Å². The quantitative estimate of drug-likeness (QED) is 0.797. The van der Waals surface area contributed by atoms with Gasteiger partial charge in [-0.15, -0.1) is 0 Å². The number of rotatable bonds is 3. The van der Waals surface area contributed by atoms with E-state index < -0.39 is 0 Å². The average molecular weight is 392 g/mol. The van der Waals surface area contributed by atoms with Crippen LogP contribution < -0.4 is 10.1 Å². The first-order valence-corrected chi connectivity index (χ1v) is 6.98. The number of halogens is 3. The Bertz CT molecular complexity index is 578. The molecule has 2 aromatic rings. The van der Waals surface area contributed by atoms with Gasteiger partial charge in [0.05, 0.1) is 16.6 Å². The minimum absolute atomic E-state index is 0.552. The molecule has 1 aromatic heterocycles. The second-order valence-electron chi connectivity index (χ2n) is 3.46. The Morgan fingerprint density at radius 3 is 2.67 bits per heavy atom. The number of aromatic nitrogens is 1. The summed E-state index contributed by atoms with van der Waals surface area (Å²) in [5, 5.41) is 3.72. The summed E-state index contributed by atoms with van der Waals surface area (Å²) >= 11 is 12.8. The zero-order valence-corrected chi connectivity index (χ0v) is 13.3. The van der Waals surface area contributed by atoms with Crippen molar-refractivity contribution in [3.05, 3.63) is 44.4 Å². The summed E-state index contributed by atoms with van der Waals surface area (Å²) in [4.78, 5) is 4.27. The second-order valence-corrected chi connectivity index (χ2v) is 5.64. The zero-order chi connectivity index (χ0) is 13.1. The van der Waals surface area contributed by atoms with E-state index in [2.05, 4.69) is 42.2 Å². The van der Waals surface area contributed by atoms with Crippen molar-refractivity contribution in [2.24, 2.45) is 0 Å². The van der Waals surface area contributed by atoms with E-state index in [4.69, 9.17) is 16.3 Å². The molecule has 0 atom stereocenters. The van der Waals surface area contributed by atoms with E-state index in [0.717, 1.165) is 20.5 Å². The van der Waals surface area contributed by atoms with Gasteiger partial charge in [0.15, 0.2) is 0 Å². The minimum Gasteiger partial charge on any atom is -0.495 e. The fourth-order valence-corrected chi connectivity index (χ4v) is 2.73. The molecule has 0 bridgehead atoms. The van der Waals surface area contributed by atoms with Crippen LogP contribution in [-0.4, -0.2) is 12.1 Å². The Morgan fingerprint density at radius 2 is 2.06 bits per heavy atom. The van der Waals surface area contributed by atoms with Crippen molar-refractivity contribution in [1.82, 2.24) is 4.98 Å². The molecule has 1 aromatic carbocycles. The maximum Gasteiger partial charge on any atom is 0.144 e. The number of nitrogens with zero attached hydrogens (tertiary/aromatic N) is 1. The van der Waals surface area contributed by atoms with E-state index in [1.54, 1.807) is 25.4 Å². The summed E-state index contributed by atoms with van der Waals surface area (Å²) in [5.74, 6) is 1.37. The highest BCUT2D eigenvalue weighted by atomic mass is 79.9. The third kappa shape index (κ3) is 3.16. The lowest BCUT2D eigenvalue weighted by atomic mass is 10.3. The predicted molar refractivity (Wildman–Crippen MR) is 80.9 cm³/mol. The number of pyridine rings is 1. The summed E-state index contributed by atoms with van der Waals surface area (Å²) < 4.78 is 6.87. The van der Waals surface area contributed by atoms with E-state index in [-0.39, 0.29) is 0 Å². The first kappa shape index (κ1) is 13.6. The van der Waals surface area contributed by atoms with Crippen molar-refractivity contribution < 1.29 is 4.74 Å². The highest BCUT2D eigenvalue weighted by Gasteiger charge is 2.05. The molecule has 0 aliphatic heterocycles. The monoisotopic (exact) mass is 390 g/mol. The van der Waals surface area contributed by atoms with Crippen LogP contribution in [0.1, 0.15) is 0 Å². The van der Waals surface area contributed by atoms with E-state index in [1.807, 2.05) is 12.1 Å². The van der Waals surface area contributed by atoms with Crippen LogP contribution in [0.25, 0.3) is 0 Å². The largest absolute Gasteiger partial charge is 0.495 e. The number of ether oxygens (including phenoxy) is 1.